The molecule has 15 heavy (non-hydrogen) atoms. The van der Waals surface area contributed by atoms with E-state index in [0.717, 1.165) is 23.0 Å². The molecular formula is C12H15N3. The molecule has 0 fully saturated rings. The number of fused-ring (bicyclic) bond motifs is 1. The molecular weight excluding hydrogens is 186 g/mol. The number of hydrogen-bond acceptors (Lipinski definition) is 2. The largest absolute Gasteiger partial charge is 0.399 e. The van der Waals surface area contributed by atoms with E-state index in [0.29, 0.717) is 6.04 Å². The summed E-state index contributed by atoms with van der Waals surface area (Å²) in [5.41, 5.74) is 7.63. The Hall–Kier alpha value is -1.77. The van der Waals surface area contributed by atoms with Gasteiger partial charge in [0, 0.05) is 11.1 Å². The van der Waals surface area contributed by atoms with Gasteiger partial charge in [0.25, 0.3) is 0 Å². The SMILES string of the molecule is C=CCC(C)n1ncc2ccc(N)cc21. The number of nitrogens with zero attached hydrogens (tertiary/aromatic N) is 2. The van der Waals surface area contributed by atoms with Crippen molar-refractivity contribution in [1.29, 1.82) is 0 Å². The first-order valence-electron chi connectivity index (χ1n) is 5.06. The van der Waals surface area contributed by atoms with Crippen molar-refractivity contribution in [1.82, 2.24) is 9.78 Å². The summed E-state index contributed by atoms with van der Waals surface area (Å²) in [6.45, 7) is 5.86. The summed E-state index contributed by atoms with van der Waals surface area (Å²) in [6, 6.07) is 6.17. The van der Waals surface area contributed by atoms with Crippen molar-refractivity contribution >= 4 is 16.6 Å². The molecule has 2 aromatic rings. The molecule has 1 aromatic carbocycles. The van der Waals surface area contributed by atoms with E-state index in [1.165, 1.54) is 0 Å². The van der Waals surface area contributed by atoms with E-state index in [2.05, 4.69) is 18.6 Å². The average Bonchev–Trinajstić information content (AvgIpc) is 2.60. The van der Waals surface area contributed by atoms with Gasteiger partial charge in [-0.3, -0.25) is 4.68 Å². The summed E-state index contributed by atoms with van der Waals surface area (Å²) in [4.78, 5) is 0. The normalized spacial score (nSPS) is 12.9. The molecule has 78 valence electrons. The minimum absolute atomic E-state index is 0.321. The molecule has 2 rings (SSSR count). The topological polar surface area (TPSA) is 43.8 Å². The third-order valence-electron chi connectivity index (χ3n) is 2.55. The van der Waals surface area contributed by atoms with Gasteiger partial charge in [-0.1, -0.05) is 6.08 Å². The number of allylic oxidation sites excluding steroid dienone is 1. The molecule has 0 bridgehead atoms. The number of hydrogen-bond donors (Lipinski definition) is 1. The number of nitrogens with two attached hydrogens (primary N) is 1. The second kappa shape index (κ2) is 3.77. The van der Waals surface area contributed by atoms with Crippen molar-refractivity contribution < 1.29 is 0 Å². The lowest BCUT2D eigenvalue weighted by molar-refractivity contribution is 0.513. The Labute approximate surface area is 89.2 Å². The highest BCUT2D eigenvalue weighted by atomic mass is 15.3. The summed E-state index contributed by atoms with van der Waals surface area (Å²) in [5, 5.41) is 5.49. The molecule has 0 spiro atoms. The number of aromatic nitrogens is 2. The van der Waals surface area contributed by atoms with Gasteiger partial charge in [-0.2, -0.15) is 5.10 Å². The molecule has 0 aliphatic rings. The maximum atomic E-state index is 5.76. The zero-order chi connectivity index (χ0) is 10.8. The molecule has 1 heterocycles. The number of nitrogen functional groups attached to an aromatic ring is 1. The zero-order valence-electron chi connectivity index (χ0n) is 8.85. The first-order valence-corrected chi connectivity index (χ1v) is 5.06. The van der Waals surface area contributed by atoms with Gasteiger partial charge in [-0.25, -0.2) is 0 Å². The summed E-state index contributed by atoms with van der Waals surface area (Å²) in [5.74, 6) is 0. The van der Waals surface area contributed by atoms with Crippen molar-refractivity contribution in [2.24, 2.45) is 0 Å². The fourth-order valence-corrected chi connectivity index (χ4v) is 1.75. The van der Waals surface area contributed by atoms with Gasteiger partial charge in [0.1, 0.15) is 0 Å². The Bertz CT molecular complexity index is 485. The van der Waals surface area contributed by atoms with Crippen molar-refractivity contribution in [3.63, 3.8) is 0 Å². The van der Waals surface area contributed by atoms with Crippen LogP contribution in [0.3, 0.4) is 0 Å². The molecule has 3 nitrogen and oxygen atoms in total. The summed E-state index contributed by atoms with van der Waals surface area (Å²) >= 11 is 0. The molecule has 0 aliphatic heterocycles. The first kappa shape index (κ1) is 9.77. The molecule has 2 N–H and O–H groups in total. The smallest absolute Gasteiger partial charge is 0.0706 e. The third kappa shape index (κ3) is 1.73. The Morgan fingerprint density at radius 3 is 3.13 bits per heavy atom. The fourth-order valence-electron chi connectivity index (χ4n) is 1.75. The van der Waals surface area contributed by atoms with Crippen LogP contribution in [0.2, 0.25) is 0 Å². The van der Waals surface area contributed by atoms with E-state index < -0.39 is 0 Å². The maximum Gasteiger partial charge on any atom is 0.0706 e. The monoisotopic (exact) mass is 201 g/mol. The predicted molar refractivity (Wildman–Crippen MR) is 63.7 cm³/mol. The van der Waals surface area contributed by atoms with Crippen molar-refractivity contribution in [2.75, 3.05) is 5.73 Å². The van der Waals surface area contributed by atoms with Crippen LogP contribution in [0.4, 0.5) is 5.69 Å². The van der Waals surface area contributed by atoms with Gasteiger partial charge in [0.2, 0.25) is 0 Å². The highest BCUT2D eigenvalue weighted by Gasteiger charge is 2.08. The van der Waals surface area contributed by atoms with Crippen molar-refractivity contribution in [3.8, 4) is 0 Å². The Morgan fingerprint density at radius 2 is 2.40 bits per heavy atom. The van der Waals surface area contributed by atoms with E-state index in [4.69, 9.17) is 5.73 Å². The highest BCUT2D eigenvalue weighted by molar-refractivity contribution is 5.81. The van der Waals surface area contributed by atoms with Gasteiger partial charge >= 0.3 is 0 Å². The van der Waals surface area contributed by atoms with Gasteiger partial charge in [-0.05, 0) is 31.5 Å². The van der Waals surface area contributed by atoms with Crippen molar-refractivity contribution in [3.05, 3.63) is 37.1 Å². The molecule has 1 unspecified atom stereocenters. The second-order valence-electron chi connectivity index (χ2n) is 3.78. The van der Waals surface area contributed by atoms with Crippen LogP contribution < -0.4 is 5.73 Å². The zero-order valence-corrected chi connectivity index (χ0v) is 8.85. The molecule has 0 saturated carbocycles. The van der Waals surface area contributed by atoms with E-state index in [-0.39, 0.29) is 0 Å². The van der Waals surface area contributed by atoms with Crippen LogP contribution in [-0.4, -0.2) is 9.78 Å². The van der Waals surface area contributed by atoms with Crippen LogP contribution in [0.15, 0.2) is 37.1 Å². The van der Waals surface area contributed by atoms with Crippen LogP contribution in [0.1, 0.15) is 19.4 Å². The van der Waals surface area contributed by atoms with Crippen LogP contribution in [-0.2, 0) is 0 Å². The lowest BCUT2D eigenvalue weighted by Gasteiger charge is -2.11. The fraction of sp³-hybridized carbons (Fsp3) is 0.250. The second-order valence-corrected chi connectivity index (χ2v) is 3.78. The van der Waals surface area contributed by atoms with Crippen molar-refractivity contribution in [2.45, 2.75) is 19.4 Å². The van der Waals surface area contributed by atoms with E-state index in [1.807, 2.05) is 35.2 Å². The average molecular weight is 201 g/mol. The predicted octanol–water partition coefficient (Wildman–Crippen LogP) is 2.76. The molecule has 1 atom stereocenters. The molecule has 3 heteroatoms. The van der Waals surface area contributed by atoms with Crippen LogP contribution in [0.5, 0.6) is 0 Å². The summed E-state index contributed by atoms with van der Waals surface area (Å²) in [6.07, 6.45) is 4.68. The lowest BCUT2D eigenvalue weighted by Crippen LogP contribution is -2.05. The number of anilines is 1. The Kier molecular flexibility index (Phi) is 2.46. The highest BCUT2D eigenvalue weighted by Crippen LogP contribution is 2.21. The van der Waals surface area contributed by atoms with E-state index in [1.54, 1.807) is 0 Å². The summed E-state index contributed by atoms with van der Waals surface area (Å²) in [7, 11) is 0. The minimum atomic E-state index is 0.321. The maximum absolute atomic E-state index is 5.76. The van der Waals surface area contributed by atoms with Crippen LogP contribution >= 0.6 is 0 Å². The van der Waals surface area contributed by atoms with Crippen LogP contribution in [0, 0.1) is 0 Å². The molecule has 0 radical (unpaired) electrons. The van der Waals surface area contributed by atoms with Crippen LogP contribution in [0.25, 0.3) is 10.9 Å². The molecule has 0 aliphatic carbocycles. The van der Waals surface area contributed by atoms with E-state index in [9.17, 15) is 0 Å². The molecule has 0 amide bonds. The number of rotatable bonds is 3. The van der Waals surface area contributed by atoms with Gasteiger partial charge in [0.15, 0.2) is 0 Å². The third-order valence-corrected chi connectivity index (χ3v) is 2.55. The minimum Gasteiger partial charge on any atom is -0.399 e. The first-order chi connectivity index (χ1) is 7.22. The lowest BCUT2D eigenvalue weighted by atomic mass is 10.2. The standard InChI is InChI=1S/C12H15N3/c1-3-4-9(2)15-12-7-11(13)6-5-10(12)8-14-15/h3,5-9H,1,4,13H2,2H3. The molecule has 1 aromatic heterocycles. The van der Waals surface area contributed by atoms with Gasteiger partial charge in [0.05, 0.1) is 17.8 Å². The van der Waals surface area contributed by atoms with Gasteiger partial charge < -0.3 is 5.73 Å². The van der Waals surface area contributed by atoms with Gasteiger partial charge in [-0.15, -0.1) is 6.58 Å². The van der Waals surface area contributed by atoms with E-state index >= 15 is 0 Å². The Balaban J connectivity index is 2.51. The summed E-state index contributed by atoms with van der Waals surface area (Å²) < 4.78 is 1.99. The molecule has 0 saturated heterocycles. The Morgan fingerprint density at radius 1 is 1.60 bits per heavy atom. The quantitative estimate of drug-likeness (QED) is 0.613. The number of benzene rings is 1.